The Morgan fingerprint density at radius 1 is 0.672 bits per heavy atom. The van der Waals surface area contributed by atoms with Gasteiger partial charge in [-0.15, -0.1) is 0 Å². The standard InChI is InChI=1S/C52H36N4O2/c1-2-35-13-5-3-4-12-34-22-23-40-37-15-7-10-18-47(37)57-51(40)49(34)55(35)45-26-20-32(30-53)28-42(45)43-29-33(31-54)21-27-46(43)56-44-17-9-6-14-36(44)39-24-25-41-38-16-8-11-19-48(38)58-52(41)50(39)56/h3-5,7-11,13,15-29,35H,2,6,12,14H2,1H3/b4-3-,13-5-. The molecule has 6 heteroatoms. The lowest BCUT2D eigenvalue weighted by atomic mass is 9.94. The van der Waals surface area contributed by atoms with Crippen molar-refractivity contribution in [3.05, 3.63) is 168 Å². The van der Waals surface area contributed by atoms with E-state index in [9.17, 15) is 10.5 Å². The maximum Gasteiger partial charge on any atom is 0.160 e. The molecule has 9 aromatic rings. The van der Waals surface area contributed by atoms with Crippen molar-refractivity contribution >= 4 is 72.2 Å². The number of aromatic nitrogens is 1. The summed E-state index contributed by atoms with van der Waals surface area (Å²) in [5, 5.41) is 26.3. The fraction of sp³-hybridized carbons (Fsp3) is 0.115. The van der Waals surface area contributed by atoms with Gasteiger partial charge in [-0.2, -0.15) is 10.5 Å². The van der Waals surface area contributed by atoms with Crippen molar-refractivity contribution in [3.63, 3.8) is 0 Å². The molecule has 1 aliphatic heterocycles. The van der Waals surface area contributed by atoms with E-state index < -0.39 is 0 Å². The van der Waals surface area contributed by atoms with Crippen molar-refractivity contribution in [1.29, 1.82) is 10.5 Å². The Labute approximate surface area is 335 Å². The molecule has 4 heterocycles. The van der Waals surface area contributed by atoms with Gasteiger partial charge in [0.05, 0.1) is 46.2 Å². The van der Waals surface area contributed by atoms with E-state index in [4.69, 9.17) is 8.83 Å². The quantitative estimate of drug-likeness (QED) is 0.179. The third-order valence-electron chi connectivity index (χ3n) is 12.0. The molecule has 2 aliphatic rings. The number of benzene rings is 6. The van der Waals surface area contributed by atoms with Crippen molar-refractivity contribution < 1.29 is 8.83 Å². The number of anilines is 2. The SMILES string of the molecule is CCC1/C=C\C=C/Cc2ccc3c(oc4ccccc43)c2N1c1ccc(C#N)cc1-c1cc(C#N)ccc1-n1c2c(c3ccc4c5ccccc5oc4c31)CCC=C2. The number of aryl methyl sites for hydroxylation is 1. The lowest BCUT2D eigenvalue weighted by molar-refractivity contribution is 0.662. The van der Waals surface area contributed by atoms with Crippen LogP contribution in [0.5, 0.6) is 0 Å². The van der Waals surface area contributed by atoms with Crippen LogP contribution < -0.4 is 4.90 Å². The van der Waals surface area contributed by atoms with Gasteiger partial charge in [-0.25, -0.2) is 0 Å². The molecule has 6 aromatic carbocycles. The van der Waals surface area contributed by atoms with E-state index in [1.54, 1.807) is 0 Å². The molecular formula is C52H36N4O2. The molecule has 11 rings (SSSR count). The summed E-state index contributed by atoms with van der Waals surface area (Å²) < 4.78 is 15.9. The van der Waals surface area contributed by atoms with E-state index in [-0.39, 0.29) is 6.04 Å². The lowest BCUT2D eigenvalue weighted by Gasteiger charge is -2.35. The third kappa shape index (κ3) is 5.02. The van der Waals surface area contributed by atoms with Gasteiger partial charge in [-0.1, -0.05) is 91.9 Å². The van der Waals surface area contributed by atoms with Crippen molar-refractivity contribution in [2.24, 2.45) is 0 Å². The summed E-state index contributed by atoms with van der Waals surface area (Å²) in [6, 6.07) is 41.9. The summed E-state index contributed by atoms with van der Waals surface area (Å²) in [5.74, 6) is 0. The predicted molar refractivity (Wildman–Crippen MR) is 235 cm³/mol. The maximum absolute atomic E-state index is 10.5. The Morgan fingerprint density at radius 2 is 1.33 bits per heavy atom. The Kier molecular flexibility index (Phi) is 7.74. The molecule has 1 aliphatic carbocycles. The highest BCUT2D eigenvalue weighted by Crippen LogP contribution is 2.48. The van der Waals surface area contributed by atoms with E-state index in [1.807, 2.05) is 48.5 Å². The van der Waals surface area contributed by atoms with Gasteiger partial charge < -0.3 is 18.3 Å². The number of furan rings is 2. The molecule has 276 valence electrons. The number of rotatable bonds is 4. The number of allylic oxidation sites excluding steroid dienone is 4. The molecule has 0 saturated heterocycles. The molecular weight excluding hydrogens is 713 g/mol. The van der Waals surface area contributed by atoms with Crippen LogP contribution in [0.2, 0.25) is 0 Å². The highest BCUT2D eigenvalue weighted by molar-refractivity contribution is 6.16. The second kappa shape index (κ2) is 13.3. The highest BCUT2D eigenvalue weighted by Gasteiger charge is 2.30. The summed E-state index contributed by atoms with van der Waals surface area (Å²) in [6.07, 6.45) is 16.5. The number of para-hydroxylation sites is 2. The fourth-order valence-electron chi connectivity index (χ4n) is 9.37. The van der Waals surface area contributed by atoms with Crippen LogP contribution in [-0.4, -0.2) is 10.6 Å². The van der Waals surface area contributed by atoms with Crippen LogP contribution in [0.1, 0.15) is 47.7 Å². The zero-order valence-corrected chi connectivity index (χ0v) is 31.9. The molecule has 1 unspecified atom stereocenters. The minimum atomic E-state index is -0.0760. The minimum absolute atomic E-state index is 0.0760. The average Bonchev–Trinajstić information content (AvgIpc) is 3.97. The Morgan fingerprint density at radius 3 is 2.07 bits per heavy atom. The van der Waals surface area contributed by atoms with Crippen LogP contribution in [0, 0.1) is 22.7 Å². The molecule has 6 nitrogen and oxygen atoms in total. The van der Waals surface area contributed by atoms with E-state index in [2.05, 4.69) is 126 Å². The number of fused-ring (bicyclic) bond motifs is 12. The normalized spacial score (nSPS) is 16.2. The highest BCUT2D eigenvalue weighted by atomic mass is 16.3. The van der Waals surface area contributed by atoms with E-state index >= 15 is 0 Å². The smallest absolute Gasteiger partial charge is 0.160 e. The first-order chi connectivity index (χ1) is 28.6. The molecule has 0 N–H and O–H groups in total. The van der Waals surface area contributed by atoms with E-state index in [1.165, 1.54) is 5.56 Å². The third-order valence-corrected chi connectivity index (χ3v) is 12.0. The Bertz CT molecular complexity index is 3350. The maximum atomic E-state index is 10.5. The first-order valence-electron chi connectivity index (χ1n) is 19.9. The second-order valence-electron chi connectivity index (χ2n) is 15.2. The second-order valence-corrected chi connectivity index (χ2v) is 15.2. The predicted octanol–water partition coefficient (Wildman–Crippen LogP) is 13.4. The van der Waals surface area contributed by atoms with Gasteiger partial charge in [-0.05, 0) is 97.5 Å². The first-order valence-corrected chi connectivity index (χ1v) is 19.9. The zero-order chi connectivity index (χ0) is 38.9. The largest absolute Gasteiger partial charge is 0.454 e. The summed E-state index contributed by atoms with van der Waals surface area (Å²) in [6.45, 7) is 2.20. The van der Waals surface area contributed by atoms with Gasteiger partial charge in [-0.3, -0.25) is 0 Å². The average molecular weight is 749 g/mol. The zero-order valence-electron chi connectivity index (χ0n) is 31.9. The number of hydrogen-bond acceptors (Lipinski definition) is 5. The van der Waals surface area contributed by atoms with E-state index in [0.717, 1.165) is 113 Å². The van der Waals surface area contributed by atoms with Gasteiger partial charge in [0.15, 0.2) is 11.2 Å². The topological polar surface area (TPSA) is 82.0 Å². The van der Waals surface area contributed by atoms with Gasteiger partial charge in [0.25, 0.3) is 0 Å². The molecule has 1 atom stereocenters. The number of hydrogen-bond donors (Lipinski definition) is 0. The lowest BCUT2D eigenvalue weighted by Crippen LogP contribution is -2.30. The van der Waals surface area contributed by atoms with Crippen molar-refractivity contribution in [3.8, 4) is 29.0 Å². The monoisotopic (exact) mass is 748 g/mol. The van der Waals surface area contributed by atoms with Crippen molar-refractivity contribution in [1.82, 2.24) is 4.57 Å². The van der Waals surface area contributed by atoms with E-state index in [0.29, 0.717) is 17.5 Å². The summed E-state index contributed by atoms with van der Waals surface area (Å²) in [7, 11) is 0. The van der Waals surface area contributed by atoms with Crippen LogP contribution in [0.3, 0.4) is 0 Å². The summed E-state index contributed by atoms with van der Waals surface area (Å²) >= 11 is 0. The van der Waals surface area contributed by atoms with Crippen LogP contribution in [0.15, 0.2) is 148 Å². The molecule has 0 radical (unpaired) electrons. The number of nitrogens with zero attached hydrogens (tertiary/aromatic N) is 4. The van der Waals surface area contributed by atoms with Gasteiger partial charge in [0, 0.05) is 49.4 Å². The van der Waals surface area contributed by atoms with Crippen LogP contribution in [-0.2, 0) is 12.8 Å². The molecule has 0 amide bonds. The Hall–Kier alpha value is -7.54. The molecule has 0 spiro atoms. The molecule has 58 heavy (non-hydrogen) atoms. The van der Waals surface area contributed by atoms with Crippen LogP contribution in [0.25, 0.3) is 77.7 Å². The van der Waals surface area contributed by atoms with Gasteiger partial charge in [0.2, 0.25) is 0 Å². The molecule has 3 aromatic heterocycles. The fourth-order valence-corrected chi connectivity index (χ4v) is 9.37. The molecule has 0 saturated carbocycles. The van der Waals surface area contributed by atoms with Crippen LogP contribution in [0.4, 0.5) is 11.4 Å². The molecule has 0 fully saturated rings. The number of nitriles is 2. The summed E-state index contributed by atoms with van der Waals surface area (Å²) in [5.41, 5.74) is 13.4. The first kappa shape index (κ1) is 33.8. The van der Waals surface area contributed by atoms with Crippen molar-refractivity contribution in [2.75, 3.05) is 4.90 Å². The van der Waals surface area contributed by atoms with Crippen LogP contribution >= 0.6 is 0 Å². The van der Waals surface area contributed by atoms with Gasteiger partial charge in [0.1, 0.15) is 11.2 Å². The minimum Gasteiger partial charge on any atom is -0.454 e. The summed E-state index contributed by atoms with van der Waals surface area (Å²) in [4.78, 5) is 2.41. The Balaban J connectivity index is 1.26. The van der Waals surface area contributed by atoms with Crippen molar-refractivity contribution in [2.45, 2.75) is 38.6 Å². The molecule has 0 bridgehead atoms. The van der Waals surface area contributed by atoms with Gasteiger partial charge >= 0.3 is 0 Å².